The molecule has 1 aliphatic rings. The molecule has 0 bridgehead atoms. The fraction of sp³-hybridized carbons (Fsp3) is 0.105. The van der Waals surface area contributed by atoms with Gasteiger partial charge < -0.3 is 0 Å². The molecular formula is C19H13ClO. The number of hydrogen-bond acceptors (Lipinski definition) is 1. The fourth-order valence-corrected chi connectivity index (χ4v) is 3.71. The lowest BCUT2D eigenvalue weighted by atomic mass is 9.76. The summed E-state index contributed by atoms with van der Waals surface area (Å²) < 4.78 is 0. The highest BCUT2D eigenvalue weighted by Crippen LogP contribution is 2.42. The zero-order chi connectivity index (χ0) is 14.6. The molecule has 1 nitrogen and oxygen atoms in total. The summed E-state index contributed by atoms with van der Waals surface area (Å²) in [6.45, 7) is 2.12. The zero-order valence-electron chi connectivity index (χ0n) is 11.6. The van der Waals surface area contributed by atoms with Gasteiger partial charge >= 0.3 is 0 Å². The number of carbonyl (C=O) groups excluding carboxylic acids is 1. The maximum Gasteiger partial charge on any atom is 0.194 e. The molecule has 1 aliphatic carbocycles. The third-order valence-corrected chi connectivity index (χ3v) is 4.71. The minimum absolute atomic E-state index is 0.0809. The van der Waals surface area contributed by atoms with Gasteiger partial charge in [0.1, 0.15) is 0 Å². The Hall–Kier alpha value is -2.12. The molecular weight excluding hydrogens is 280 g/mol. The average molecular weight is 293 g/mol. The lowest BCUT2D eigenvalue weighted by Gasteiger charge is -2.26. The van der Waals surface area contributed by atoms with Crippen molar-refractivity contribution in [3.05, 3.63) is 81.9 Å². The Morgan fingerprint density at radius 1 is 0.952 bits per heavy atom. The first-order valence-corrected chi connectivity index (χ1v) is 7.41. The van der Waals surface area contributed by atoms with Crippen LogP contribution >= 0.6 is 11.6 Å². The molecule has 0 amide bonds. The van der Waals surface area contributed by atoms with E-state index in [2.05, 4.69) is 19.1 Å². The Bertz CT molecular complexity index is 895. The molecule has 2 heteroatoms. The van der Waals surface area contributed by atoms with E-state index in [1.807, 2.05) is 42.5 Å². The topological polar surface area (TPSA) is 17.1 Å². The van der Waals surface area contributed by atoms with Crippen molar-refractivity contribution in [2.45, 2.75) is 12.8 Å². The normalized spacial score (nSPS) is 16.7. The second-order valence-electron chi connectivity index (χ2n) is 5.50. The Balaban J connectivity index is 2.11. The zero-order valence-corrected chi connectivity index (χ0v) is 12.3. The lowest BCUT2D eigenvalue weighted by Crippen LogP contribution is -2.18. The SMILES string of the molecule is CC1c2ccc3ccccc3c2C(=O)c2cccc(Cl)c21. The van der Waals surface area contributed by atoms with Gasteiger partial charge in [0.15, 0.2) is 5.78 Å². The minimum Gasteiger partial charge on any atom is -0.289 e. The standard InChI is InChI=1S/C19H13ClO/c1-11-13-10-9-12-5-2-3-6-14(12)18(13)19(21)15-7-4-8-16(20)17(11)15/h2-11H,1H3. The molecule has 0 aliphatic heterocycles. The number of ketones is 1. The van der Waals surface area contributed by atoms with Gasteiger partial charge in [0.25, 0.3) is 0 Å². The van der Waals surface area contributed by atoms with Crippen LogP contribution in [0.1, 0.15) is 39.9 Å². The van der Waals surface area contributed by atoms with E-state index in [-0.39, 0.29) is 11.7 Å². The van der Waals surface area contributed by atoms with Crippen LogP contribution < -0.4 is 0 Å². The molecule has 4 rings (SSSR count). The summed E-state index contributed by atoms with van der Waals surface area (Å²) in [4.78, 5) is 13.0. The summed E-state index contributed by atoms with van der Waals surface area (Å²) >= 11 is 6.33. The number of halogens is 1. The van der Waals surface area contributed by atoms with Gasteiger partial charge in [-0.3, -0.25) is 4.79 Å². The predicted octanol–water partition coefficient (Wildman–Crippen LogP) is 5.19. The lowest BCUT2D eigenvalue weighted by molar-refractivity contribution is 0.103. The summed E-state index contributed by atoms with van der Waals surface area (Å²) in [6.07, 6.45) is 0. The Morgan fingerprint density at radius 3 is 2.62 bits per heavy atom. The molecule has 0 fully saturated rings. The third kappa shape index (κ3) is 1.68. The first-order valence-electron chi connectivity index (χ1n) is 7.03. The third-order valence-electron chi connectivity index (χ3n) is 4.39. The first-order chi connectivity index (χ1) is 10.2. The van der Waals surface area contributed by atoms with Gasteiger partial charge in [0.05, 0.1) is 0 Å². The van der Waals surface area contributed by atoms with Gasteiger partial charge in [-0.15, -0.1) is 0 Å². The Labute approximate surface area is 128 Å². The average Bonchev–Trinajstić information content (AvgIpc) is 2.51. The summed E-state index contributed by atoms with van der Waals surface area (Å²) in [7, 11) is 0. The van der Waals surface area contributed by atoms with Crippen LogP contribution in [0.25, 0.3) is 10.8 Å². The summed E-state index contributed by atoms with van der Waals surface area (Å²) in [5.74, 6) is 0.211. The van der Waals surface area contributed by atoms with E-state index >= 15 is 0 Å². The minimum atomic E-state index is 0.0809. The van der Waals surface area contributed by atoms with Crippen LogP contribution in [0.4, 0.5) is 0 Å². The maximum absolute atomic E-state index is 13.0. The van der Waals surface area contributed by atoms with Gasteiger partial charge in [-0.2, -0.15) is 0 Å². The Kier molecular flexibility index (Phi) is 2.66. The van der Waals surface area contributed by atoms with E-state index in [1.54, 1.807) is 0 Å². The van der Waals surface area contributed by atoms with Crippen molar-refractivity contribution in [3.63, 3.8) is 0 Å². The molecule has 21 heavy (non-hydrogen) atoms. The van der Waals surface area contributed by atoms with Crippen LogP contribution in [-0.4, -0.2) is 5.78 Å². The highest BCUT2D eigenvalue weighted by atomic mass is 35.5. The quantitative estimate of drug-likeness (QED) is 0.557. The molecule has 0 saturated carbocycles. The van der Waals surface area contributed by atoms with Gasteiger partial charge in [-0.1, -0.05) is 67.1 Å². The van der Waals surface area contributed by atoms with Crippen molar-refractivity contribution in [2.24, 2.45) is 0 Å². The molecule has 102 valence electrons. The van der Waals surface area contributed by atoms with Crippen LogP contribution in [-0.2, 0) is 0 Å². The van der Waals surface area contributed by atoms with Gasteiger partial charge in [-0.25, -0.2) is 0 Å². The van der Waals surface area contributed by atoms with Crippen LogP contribution in [0.3, 0.4) is 0 Å². The molecule has 0 saturated heterocycles. The maximum atomic E-state index is 13.0. The highest BCUT2D eigenvalue weighted by molar-refractivity contribution is 6.33. The van der Waals surface area contributed by atoms with Crippen molar-refractivity contribution in [1.82, 2.24) is 0 Å². The van der Waals surface area contributed by atoms with E-state index < -0.39 is 0 Å². The number of carbonyl (C=O) groups is 1. The van der Waals surface area contributed by atoms with Gasteiger partial charge in [0, 0.05) is 22.1 Å². The molecule has 0 aromatic heterocycles. The smallest absolute Gasteiger partial charge is 0.194 e. The van der Waals surface area contributed by atoms with Crippen LogP contribution in [0.2, 0.25) is 5.02 Å². The van der Waals surface area contributed by atoms with Crippen LogP contribution in [0.5, 0.6) is 0 Å². The first kappa shape index (κ1) is 12.6. The monoisotopic (exact) mass is 292 g/mol. The van der Waals surface area contributed by atoms with Gasteiger partial charge in [-0.05, 0) is 28.0 Å². The second kappa shape index (κ2) is 4.44. The molecule has 1 unspecified atom stereocenters. The van der Waals surface area contributed by atoms with Crippen molar-refractivity contribution in [2.75, 3.05) is 0 Å². The molecule has 0 N–H and O–H groups in total. The summed E-state index contributed by atoms with van der Waals surface area (Å²) in [6, 6.07) is 17.8. The number of rotatable bonds is 0. The summed E-state index contributed by atoms with van der Waals surface area (Å²) in [5, 5.41) is 2.80. The molecule has 0 heterocycles. The predicted molar refractivity (Wildman–Crippen MR) is 86.3 cm³/mol. The van der Waals surface area contributed by atoms with E-state index in [1.165, 1.54) is 0 Å². The highest BCUT2D eigenvalue weighted by Gasteiger charge is 2.31. The van der Waals surface area contributed by atoms with Crippen molar-refractivity contribution in [1.29, 1.82) is 0 Å². The van der Waals surface area contributed by atoms with Gasteiger partial charge in [0.2, 0.25) is 0 Å². The van der Waals surface area contributed by atoms with Crippen molar-refractivity contribution < 1.29 is 4.79 Å². The van der Waals surface area contributed by atoms with E-state index in [0.717, 1.165) is 33.0 Å². The molecule has 0 radical (unpaired) electrons. The number of benzene rings is 3. The molecule has 3 aromatic rings. The van der Waals surface area contributed by atoms with Crippen LogP contribution in [0, 0.1) is 0 Å². The Morgan fingerprint density at radius 2 is 1.76 bits per heavy atom. The van der Waals surface area contributed by atoms with Crippen molar-refractivity contribution in [3.8, 4) is 0 Å². The largest absolute Gasteiger partial charge is 0.289 e. The molecule has 0 spiro atoms. The second-order valence-corrected chi connectivity index (χ2v) is 5.91. The van der Waals surface area contributed by atoms with Crippen molar-refractivity contribution >= 4 is 28.2 Å². The molecule has 3 aromatic carbocycles. The van der Waals surface area contributed by atoms with E-state index in [9.17, 15) is 4.79 Å². The number of fused-ring (bicyclic) bond motifs is 4. The fourth-order valence-electron chi connectivity index (χ4n) is 3.37. The number of hydrogen-bond donors (Lipinski definition) is 0. The molecule has 1 atom stereocenters. The van der Waals surface area contributed by atoms with E-state index in [4.69, 9.17) is 11.6 Å². The van der Waals surface area contributed by atoms with E-state index in [0.29, 0.717) is 5.02 Å². The summed E-state index contributed by atoms with van der Waals surface area (Å²) in [5.41, 5.74) is 3.58. The van der Waals surface area contributed by atoms with Crippen LogP contribution in [0.15, 0.2) is 54.6 Å².